The lowest BCUT2D eigenvalue weighted by atomic mass is 9.88. The van der Waals surface area contributed by atoms with Gasteiger partial charge in [0.1, 0.15) is 0 Å². The molecule has 0 heterocycles. The summed E-state index contributed by atoms with van der Waals surface area (Å²) in [5, 5.41) is 11.3. The van der Waals surface area contributed by atoms with Crippen molar-refractivity contribution in [3.8, 4) is 0 Å². The Morgan fingerprint density at radius 2 is 1.74 bits per heavy atom. The summed E-state index contributed by atoms with van der Waals surface area (Å²) in [6.07, 6.45) is 1.43. The molecule has 2 N–H and O–H groups in total. The summed E-state index contributed by atoms with van der Waals surface area (Å²) >= 11 is 0. The molecule has 0 atom stereocenters. The number of hydrogen-bond donors (Lipinski definition) is 2. The Morgan fingerprint density at radius 3 is 2.26 bits per heavy atom. The Bertz CT molecular complexity index is 264. The van der Waals surface area contributed by atoms with Crippen LogP contribution in [0.15, 0.2) is 0 Å². The molecule has 5 nitrogen and oxygen atoms in total. The molecule has 0 rings (SSSR count). The van der Waals surface area contributed by atoms with Crippen LogP contribution >= 0.6 is 0 Å². The standard InChI is InChI=1S/C14H29NO4/c1-13(2,12(17)15-5)6-10-19-14(3,4)7-9-18-11-8-16/h16H,6-11H2,1-5H3,(H,15,17). The predicted octanol–water partition coefficient (Wildman–Crippen LogP) is 1.34. The molecule has 0 aliphatic rings. The van der Waals surface area contributed by atoms with Crippen molar-refractivity contribution in [2.75, 3.05) is 33.5 Å². The van der Waals surface area contributed by atoms with Crippen LogP contribution in [0.5, 0.6) is 0 Å². The lowest BCUT2D eigenvalue weighted by Gasteiger charge is -2.28. The van der Waals surface area contributed by atoms with Crippen LogP contribution in [0, 0.1) is 5.41 Å². The first-order valence-corrected chi connectivity index (χ1v) is 6.80. The molecule has 0 aliphatic heterocycles. The van der Waals surface area contributed by atoms with E-state index in [1.54, 1.807) is 7.05 Å². The molecule has 19 heavy (non-hydrogen) atoms. The summed E-state index contributed by atoms with van der Waals surface area (Å²) in [6, 6.07) is 0. The summed E-state index contributed by atoms with van der Waals surface area (Å²) in [5.41, 5.74) is -0.702. The summed E-state index contributed by atoms with van der Waals surface area (Å²) < 4.78 is 11.0. The van der Waals surface area contributed by atoms with E-state index in [2.05, 4.69) is 5.32 Å². The molecule has 0 unspecified atom stereocenters. The molecule has 114 valence electrons. The van der Waals surface area contributed by atoms with Gasteiger partial charge in [0.15, 0.2) is 0 Å². The fourth-order valence-corrected chi connectivity index (χ4v) is 1.59. The van der Waals surface area contributed by atoms with Gasteiger partial charge in [-0.25, -0.2) is 0 Å². The zero-order valence-corrected chi connectivity index (χ0v) is 12.9. The van der Waals surface area contributed by atoms with Crippen LogP contribution in [-0.2, 0) is 14.3 Å². The van der Waals surface area contributed by atoms with Crippen molar-refractivity contribution >= 4 is 5.91 Å². The largest absolute Gasteiger partial charge is 0.394 e. The maximum atomic E-state index is 11.6. The number of ether oxygens (including phenoxy) is 2. The second kappa shape index (κ2) is 8.51. The summed E-state index contributed by atoms with van der Waals surface area (Å²) in [5.74, 6) is 0.0279. The summed E-state index contributed by atoms with van der Waals surface area (Å²) in [6.45, 7) is 9.32. The van der Waals surface area contributed by atoms with Gasteiger partial charge in [-0.1, -0.05) is 13.8 Å². The lowest BCUT2D eigenvalue weighted by molar-refractivity contribution is -0.131. The first-order chi connectivity index (χ1) is 8.75. The number of carbonyl (C=O) groups excluding carboxylic acids is 1. The van der Waals surface area contributed by atoms with Gasteiger partial charge in [-0.2, -0.15) is 0 Å². The van der Waals surface area contributed by atoms with E-state index in [1.165, 1.54) is 0 Å². The van der Waals surface area contributed by atoms with Crippen molar-refractivity contribution < 1.29 is 19.4 Å². The van der Waals surface area contributed by atoms with Crippen LogP contribution in [0.1, 0.15) is 40.5 Å². The fraction of sp³-hybridized carbons (Fsp3) is 0.929. The normalized spacial score (nSPS) is 12.5. The van der Waals surface area contributed by atoms with Crippen LogP contribution in [0.3, 0.4) is 0 Å². The van der Waals surface area contributed by atoms with Crippen molar-refractivity contribution in [1.29, 1.82) is 0 Å². The van der Waals surface area contributed by atoms with Crippen molar-refractivity contribution in [3.63, 3.8) is 0 Å². The van der Waals surface area contributed by atoms with Gasteiger partial charge >= 0.3 is 0 Å². The number of aliphatic hydroxyl groups is 1. The number of nitrogens with one attached hydrogen (secondary N) is 1. The Morgan fingerprint density at radius 1 is 1.11 bits per heavy atom. The molecule has 1 amide bonds. The average Bonchev–Trinajstić information content (AvgIpc) is 2.33. The third kappa shape index (κ3) is 8.18. The Balaban J connectivity index is 3.94. The molecule has 0 bridgehead atoms. The second-order valence-corrected chi connectivity index (χ2v) is 5.91. The van der Waals surface area contributed by atoms with Crippen LogP contribution < -0.4 is 5.32 Å². The Labute approximate surface area is 116 Å². The van der Waals surface area contributed by atoms with E-state index >= 15 is 0 Å². The average molecular weight is 275 g/mol. The number of amides is 1. The number of carbonyl (C=O) groups is 1. The highest BCUT2D eigenvalue weighted by molar-refractivity contribution is 5.81. The highest BCUT2D eigenvalue weighted by Gasteiger charge is 2.27. The molecule has 0 fully saturated rings. The molecule has 0 saturated heterocycles. The van der Waals surface area contributed by atoms with E-state index in [4.69, 9.17) is 14.6 Å². The third-order valence-electron chi connectivity index (χ3n) is 3.15. The molecule has 0 aromatic rings. The topological polar surface area (TPSA) is 67.8 Å². The van der Waals surface area contributed by atoms with Gasteiger partial charge in [-0.05, 0) is 26.7 Å². The molecule has 5 heteroatoms. The van der Waals surface area contributed by atoms with E-state index in [0.717, 1.165) is 6.42 Å². The molecule has 0 spiro atoms. The Hall–Kier alpha value is -0.650. The van der Waals surface area contributed by atoms with Crippen molar-refractivity contribution in [1.82, 2.24) is 5.32 Å². The van der Waals surface area contributed by atoms with Gasteiger partial charge in [-0.3, -0.25) is 4.79 Å². The van der Waals surface area contributed by atoms with Crippen LogP contribution in [0.2, 0.25) is 0 Å². The first-order valence-electron chi connectivity index (χ1n) is 6.80. The van der Waals surface area contributed by atoms with E-state index in [9.17, 15) is 4.79 Å². The number of hydrogen-bond acceptors (Lipinski definition) is 4. The third-order valence-corrected chi connectivity index (χ3v) is 3.15. The van der Waals surface area contributed by atoms with Gasteiger partial charge in [0.05, 0.1) is 18.8 Å². The monoisotopic (exact) mass is 275 g/mol. The smallest absolute Gasteiger partial charge is 0.225 e. The van der Waals surface area contributed by atoms with Gasteiger partial charge in [-0.15, -0.1) is 0 Å². The fourth-order valence-electron chi connectivity index (χ4n) is 1.59. The maximum Gasteiger partial charge on any atom is 0.225 e. The molecular weight excluding hydrogens is 246 g/mol. The quantitative estimate of drug-likeness (QED) is 0.590. The molecule has 0 aliphatic carbocycles. The number of aliphatic hydroxyl groups excluding tert-OH is 1. The molecule has 0 aromatic heterocycles. The second-order valence-electron chi connectivity index (χ2n) is 5.91. The van der Waals surface area contributed by atoms with Gasteiger partial charge < -0.3 is 19.9 Å². The minimum atomic E-state index is -0.418. The van der Waals surface area contributed by atoms with Crippen molar-refractivity contribution in [3.05, 3.63) is 0 Å². The number of rotatable bonds is 10. The van der Waals surface area contributed by atoms with Crippen LogP contribution in [0.25, 0.3) is 0 Å². The Kier molecular flexibility index (Phi) is 8.22. The van der Waals surface area contributed by atoms with Gasteiger partial charge in [0, 0.05) is 25.7 Å². The summed E-state index contributed by atoms with van der Waals surface area (Å²) in [7, 11) is 1.65. The summed E-state index contributed by atoms with van der Waals surface area (Å²) in [4.78, 5) is 11.6. The molecular formula is C14H29NO4. The minimum absolute atomic E-state index is 0.0279. The lowest BCUT2D eigenvalue weighted by Crippen LogP contribution is -2.36. The van der Waals surface area contributed by atoms with E-state index in [1.807, 2.05) is 27.7 Å². The van der Waals surface area contributed by atoms with E-state index < -0.39 is 5.41 Å². The molecule has 0 aromatic carbocycles. The molecule has 0 saturated carbocycles. The van der Waals surface area contributed by atoms with Gasteiger partial charge in [0.2, 0.25) is 5.91 Å². The SMILES string of the molecule is CNC(=O)C(C)(C)CCOC(C)(C)CCOCCO. The first kappa shape index (κ1) is 18.4. The van der Waals surface area contributed by atoms with Crippen molar-refractivity contribution in [2.45, 2.75) is 46.1 Å². The molecule has 0 radical (unpaired) electrons. The minimum Gasteiger partial charge on any atom is -0.394 e. The highest BCUT2D eigenvalue weighted by atomic mass is 16.5. The van der Waals surface area contributed by atoms with Crippen LogP contribution in [0.4, 0.5) is 0 Å². The van der Waals surface area contributed by atoms with Crippen LogP contribution in [-0.4, -0.2) is 50.1 Å². The predicted molar refractivity (Wildman–Crippen MR) is 75.0 cm³/mol. The zero-order valence-electron chi connectivity index (χ0n) is 12.9. The van der Waals surface area contributed by atoms with Gasteiger partial charge in [0.25, 0.3) is 0 Å². The zero-order chi connectivity index (χ0) is 14.9. The van der Waals surface area contributed by atoms with Crippen molar-refractivity contribution in [2.24, 2.45) is 5.41 Å². The highest BCUT2D eigenvalue weighted by Crippen LogP contribution is 2.23. The van der Waals surface area contributed by atoms with E-state index in [0.29, 0.717) is 26.2 Å². The van der Waals surface area contributed by atoms with E-state index in [-0.39, 0.29) is 18.1 Å². The maximum absolute atomic E-state index is 11.6.